The minimum Gasteiger partial charge on any atom is -0.349 e. The van der Waals surface area contributed by atoms with Crippen molar-refractivity contribution in [1.82, 2.24) is 14.9 Å². The summed E-state index contributed by atoms with van der Waals surface area (Å²) in [6, 6.07) is 0. The number of rotatable bonds is 5. The lowest BCUT2D eigenvalue weighted by molar-refractivity contribution is -0.856. The van der Waals surface area contributed by atoms with Gasteiger partial charge in [0.1, 0.15) is 11.4 Å². The fourth-order valence-electron chi connectivity index (χ4n) is 2.05. The molecular formula is C14H21N4O2S+. The van der Waals surface area contributed by atoms with Crippen LogP contribution in [0.2, 0.25) is 0 Å². The van der Waals surface area contributed by atoms with Crippen LogP contribution in [0.25, 0.3) is 10.2 Å². The Kier molecular flexibility index (Phi) is 4.74. The molecule has 0 aromatic carbocycles. The molecule has 0 fully saturated rings. The predicted octanol–water partition coefficient (Wildman–Crippen LogP) is -0.664. The molecule has 1 amide bonds. The van der Waals surface area contributed by atoms with Gasteiger partial charge in [0.2, 0.25) is 5.91 Å². The Labute approximate surface area is 127 Å². The summed E-state index contributed by atoms with van der Waals surface area (Å²) >= 11 is 1.51. The van der Waals surface area contributed by atoms with Crippen molar-refractivity contribution in [2.45, 2.75) is 20.4 Å². The second kappa shape index (κ2) is 6.36. The maximum absolute atomic E-state index is 12.4. The second-order valence-corrected chi connectivity index (χ2v) is 6.65. The molecule has 21 heavy (non-hydrogen) atoms. The Bertz CT molecular complexity index is 718. The van der Waals surface area contributed by atoms with Crippen LogP contribution in [0.4, 0.5) is 0 Å². The van der Waals surface area contributed by atoms with E-state index in [2.05, 4.69) is 10.3 Å². The van der Waals surface area contributed by atoms with E-state index in [1.54, 1.807) is 0 Å². The number of aryl methyl sites for hydroxylation is 2. The third kappa shape index (κ3) is 3.48. The van der Waals surface area contributed by atoms with Crippen molar-refractivity contribution in [3.05, 3.63) is 27.1 Å². The van der Waals surface area contributed by atoms with Gasteiger partial charge in [0.05, 0.1) is 38.9 Å². The lowest BCUT2D eigenvalue weighted by atomic mass is 10.2. The fraction of sp³-hybridized carbons (Fsp3) is 0.500. The lowest BCUT2D eigenvalue weighted by Crippen LogP contribution is -3.06. The quantitative estimate of drug-likeness (QED) is 0.770. The van der Waals surface area contributed by atoms with Crippen LogP contribution in [0.15, 0.2) is 11.1 Å². The van der Waals surface area contributed by atoms with Crippen LogP contribution in [0.1, 0.15) is 10.4 Å². The molecule has 6 nitrogen and oxygen atoms in total. The van der Waals surface area contributed by atoms with Gasteiger partial charge in [0.25, 0.3) is 5.56 Å². The second-order valence-electron chi connectivity index (χ2n) is 5.45. The molecule has 114 valence electrons. The molecule has 7 heteroatoms. The van der Waals surface area contributed by atoms with E-state index in [1.165, 1.54) is 27.1 Å². The number of hydrogen-bond donors (Lipinski definition) is 2. The highest BCUT2D eigenvalue weighted by molar-refractivity contribution is 7.18. The van der Waals surface area contributed by atoms with Crippen LogP contribution < -0.4 is 15.8 Å². The zero-order valence-corrected chi connectivity index (χ0v) is 13.6. The number of carbonyl (C=O) groups is 1. The number of likely N-dealkylation sites (N-methyl/N-ethyl adjacent to an activating group) is 1. The van der Waals surface area contributed by atoms with Crippen molar-refractivity contribution in [1.29, 1.82) is 0 Å². The molecule has 0 aliphatic heterocycles. The van der Waals surface area contributed by atoms with Gasteiger partial charge in [-0.15, -0.1) is 11.3 Å². The minimum absolute atomic E-state index is 0.0128. The van der Waals surface area contributed by atoms with Gasteiger partial charge in [-0.05, 0) is 19.4 Å². The van der Waals surface area contributed by atoms with Crippen LogP contribution in [-0.4, -0.2) is 42.6 Å². The van der Waals surface area contributed by atoms with Crippen molar-refractivity contribution < 1.29 is 9.69 Å². The van der Waals surface area contributed by atoms with Gasteiger partial charge in [-0.3, -0.25) is 14.2 Å². The first-order valence-corrected chi connectivity index (χ1v) is 7.72. The Morgan fingerprint density at radius 1 is 1.43 bits per heavy atom. The maximum atomic E-state index is 12.4. The monoisotopic (exact) mass is 309 g/mol. The smallest absolute Gasteiger partial charge is 0.262 e. The molecule has 0 atom stereocenters. The largest absolute Gasteiger partial charge is 0.349 e. The fourth-order valence-corrected chi connectivity index (χ4v) is 3.03. The van der Waals surface area contributed by atoms with Gasteiger partial charge in [0.15, 0.2) is 0 Å². The molecule has 2 rings (SSSR count). The van der Waals surface area contributed by atoms with Crippen LogP contribution in [0, 0.1) is 13.8 Å². The van der Waals surface area contributed by atoms with E-state index in [1.807, 2.05) is 27.9 Å². The summed E-state index contributed by atoms with van der Waals surface area (Å²) in [7, 11) is 4.05. The molecule has 0 spiro atoms. The first-order valence-electron chi connectivity index (χ1n) is 6.91. The zero-order valence-electron chi connectivity index (χ0n) is 12.8. The van der Waals surface area contributed by atoms with E-state index >= 15 is 0 Å². The summed E-state index contributed by atoms with van der Waals surface area (Å²) in [5.74, 6) is -0.163. The van der Waals surface area contributed by atoms with E-state index in [0.29, 0.717) is 11.9 Å². The van der Waals surface area contributed by atoms with Crippen LogP contribution in [-0.2, 0) is 11.3 Å². The Morgan fingerprint density at radius 2 is 2.14 bits per heavy atom. The Hall–Kier alpha value is -1.73. The van der Waals surface area contributed by atoms with E-state index < -0.39 is 0 Å². The van der Waals surface area contributed by atoms with Gasteiger partial charge in [-0.1, -0.05) is 0 Å². The van der Waals surface area contributed by atoms with Gasteiger partial charge < -0.3 is 10.2 Å². The molecular weight excluding hydrogens is 288 g/mol. The first kappa shape index (κ1) is 15.7. The topological polar surface area (TPSA) is 68.4 Å². The number of nitrogens with one attached hydrogen (secondary N) is 2. The number of carbonyl (C=O) groups excluding carboxylic acids is 1. The van der Waals surface area contributed by atoms with Gasteiger partial charge >= 0.3 is 0 Å². The molecule has 0 saturated carbocycles. The molecule has 2 aromatic heterocycles. The third-order valence-corrected chi connectivity index (χ3v) is 4.53. The van der Waals surface area contributed by atoms with E-state index in [4.69, 9.17) is 0 Å². The number of fused-ring (bicyclic) bond motifs is 1. The molecule has 0 aliphatic carbocycles. The highest BCUT2D eigenvalue weighted by Gasteiger charge is 2.13. The number of amides is 1. The van der Waals surface area contributed by atoms with Gasteiger partial charge in [-0.2, -0.15) is 0 Å². The third-order valence-electron chi connectivity index (χ3n) is 3.42. The van der Waals surface area contributed by atoms with Gasteiger partial charge in [0, 0.05) is 4.88 Å². The van der Waals surface area contributed by atoms with E-state index in [-0.39, 0.29) is 18.0 Å². The number of quaternary nitrogens is 1. The van der Waals surface area contributed by atoms with Crippen molar-refractivity contribution in [3.63, 3.8) is 0 Å². The molecule has 2 N–H and O–H groups in total. The standard InChI is InChI=1S/C14H20N4O2S/c1-9-10(2)21-13-12(9)14(20)18(8-16-13)7-11(19)15-5-6-17(3)4/h8H,5-7H2,1-4H3,(H,15,19)/p+1. The first-order chi connectivity index (χ1) is 9.90. The van der Waals surface area contributed by atoms with Crippen LogP contribution in [0.3, 0.4) is 0 Å². The Morgan fingerprint density at radius 3 is 2.81 bits per heavy atom. The zero-order chi connectivity index (χ0) is 15.6. The summed E-state index contributed by atoms with van der Waals surface area (Å²) in [6.07, 6.45) is 1.46. The number of hydrogen-bond acceptors (Lipinski definition) is 4. The SMILES string of the molecule is Cc1sc2ncn(CC(=O)NCC[NH+](C)C)c(=O)c2c1C. The van der Waals surface area contributed by atoms with Crippen molar-refractivity contribution >= 4 is 27.5 Å². The molecule has 0 saturated heterocycles. The average molecular weight is 309 g/mol. The number of nitrogens with zero attached hydrogens (tertiary/aromatic N) is 2. The lowest BCUT2D eigenvalue weighted by Gasteiger charge is -2.09. The average Bonchev–Trinajstić information content (AvgIpc) is 2.69. The van der Waals surface area contributed by atoms with E-state index in [0.717, 1.165) is 21.8 Å². The highest BCUT2D eigenvalue weighted by atomic mass is 32.1. The summed E-state index contributed by atoms with van der Waals surface area (Å²) in [5, 5.41) is 3.44. The van der Waals surface area contributed by atoms with Crippen LogP contribution in [0.5, 0.6) is 0 Å². The van der Waals surface area contributed by atoms with Gasteiger partial charge in [-0.25, -0.2) is 4.98 Å². The summed E-state index contributed by atoms with van der Waals surface area (Å²) < 4.78 is 1.37. The molecule has 2 heterocycles. The molecule has 0 unspecified atom stereocenters. The number of thiophene rings is 1. The molecule has 0 aliphatic rings. The van der Waals surface area contributed by atoms with Crippen molar-refractivity contribution in [2.24, 2.45) is 0 Å². The molecule has 0 bridgehead atoms. The minimum atomic E-state index is -0.163. The maximum Gasteiger partial charge on any atom is 0.262 e. The van der Waals surface area contributed by atoms with E-state index in [9.17, 15) is 9.59 Å². The normalized spacial score (nSPS) is 11.3. The van der Waals surface area contributed by atoms with Crippen LogP contribution >= 0.6 is 11.3 Å². The summed E-state index contributed by atoms with van der Waals surface area (Å²) in [4.78, 5) is 31.7. The van der Waals surface area contributed by atoms with Crippen molar-refractivity contribution in [3.8, 4) is 0 Å². The predicted molar refractivity (Wildman–Crippen MR) is 84.0 cm³/mol. The number of aromatic nitrogens is 2. The molecule has 2 aromatic rings. The molecule has 0 radical (unpaired) electrons. The Balaban J connectivity index is 2.16. The highest BCUT2D eigenvalue weighted by Crippen LogP contribution is 2.25. The summed E-state index contributed by atoms with van der Waals surface area (Å²) in [6.45, 7) is 5.35. The summed E-state index contributed by atoms with van der Waals surface area (Å²) in [5.41, 5.74) is 0.814. The van der Waals surface area contributed by atoms with Crippen molar-refractivity contribution in [2.75, 3.05) is 27.2 Å².